The number of nitrogens with zero attached hydrogens (tertiary/aromatic N) is 2. The largest absolute Gasteiger partial charge is 0.507 e. The summed E-state index contributed by atoms with van der Waals surface area (Å²) in [5.41, 5.74) is 2.52. The van der Waals surface area contributed by atoms with Gasteiger partial charge >= 0.3 is 6.03 Å². The maximum Gasteiger partial charge on any atom is 0.342 e. The second-order valence-electron chi connectivity index (χ2n) is 7.88. The van der Waals surface area contributed by atoms with Gasteiger partial charge in [0.25, 0.3) is 0 Å². The van der Waals surface area contributed by atoms with Crippen molar-refractivity contribution in [1.29, 1.82) is 0 Å². The van der Waals surface area contributed by atoms with Crippen molar-refractivity contribution in [2.24, 2.45) is 0 Å². The van der Waals surface area contributed by atoms with Crippen molar-refractivity contribution in [3.8, 4) is 17.0 Å². The van der Waals surface area contributed by atoms with Crippen LogP contribution < -0.4 is 10.6 Å². The highest BCUT2D eigenvalue weighted by Crippen LogP contribution is 2.39. The Balaban J connectivity index is 1.63. The van der Waals surface area contributed by atoms with Crippen LogP contribution in [0, 0.1) is 5.82 Å². The van der Waals surface area contributed by atoms with Gasteiger partial charge in [0.15, 0.2) is 0 Å². The molecule has 2 aromatic carbocycles. The third-order valence-electron chi connectivity index (χ3n) is 5.72. The Morgan fingerprint density at radius 2 is 1.97 bits per heavy atom. The summed E-state index contributed by atoms with van der Waals surface area (Å²) in [5, 5.41) is 20.4. The number of amides is 2. The SMILES string of the molecule is CCC(=O)Nc1ccc(O)c(-c2cc(C3CCC3)n(C(=O)NCc3ccccc3F)n2)c1. The molecule has 0 atom stereocenters. The van der Waals surface area contributed by atoms with E-state index in [2.05, 4.69) is 15.7 Å². The Bertz CT molecular complexity index is 1150. The van der Waals surface area contributed by atoms with Crippen LogP contribution in [0.2, 0.25) is 0 Å². The summed E-state index contributed by atoms with van der Waals surface area (Å²) in [6.45, 7) is 1.79. The lowest BCUT2D eigenvalue weighted by Gasteiger charge is -2.25. The van der Waals surface area contributed by atoms with Crippen LogP contribution in [-0.4, -0.2) is 26.8 Å². The van der Waals surface area contributed by atoms with E-state index in [1.807, 2.05) is 0 Å². The molecule has 1 fully saturated rings. The molecule has 2 amide bonds. The van der Waals surface area contributed by atoms with Gasteiger partial charge in [0.2, 0.25) is 5.91 Å². The Morgan fingerprint density at radius 3 is 2.66 bits per heavy atom. The zero-order valence-electron chi connectivity index (χ0n) is 17.8. The minimum absolute atomic E-state index is 0.00364. The summed E-state index contributed by atoms with van der Waals surface area (Å²) in [6.07, 6.45) is 3.30. The van der Waals surface area contributed by atoms with E-state index in [9.17, 15) is 19.1 Å². The van der Waals surface area contributed by atoms with E-state index in [1.165, 1.54) is 16.8 Å². The first-order valence-electron chi connectivity index (χ1n) is 10.7. The molecule has 0 saturated heterocycles. The molecule has 32 heavy (non-hydrogen) atoms. The summed E-state index contributed by atoms with van der Waals surface area (Å²) in [5.74, 6) is -0.337. The van der Waals surface area contributed by atoms with Crippen LogP contribution in [0.25, 0.3) is 11.3 Å². The molecule has 1 aliphatic carbocycles. The Labute approximate surface area is 185 Å². The number of benzene rings is 2. The van der Waals surface area contributed by atoms with Gasteiger partial charge < -0.3 is 15.7 Å². The van der Waals surface area contributed by atoms with Gasteiger partial charge in [0.1, 0.15) is 11.6 Å². The van der Waals surface area contributed by atoms with Crippen molar-refractivity contribution in [1.82, 2.24) is 15.1 Å². The number of hydrogen-bond acceptors (Lipinski definition) is 4. The number of aromatic hydroxyl groups is 1. The molecule has 0 spiro atoms. The van der Waals surface area contributed by atoms with E-state index in [4.69, 9.17) is 0 Å². The van der Waals surface area contributed by atoms with Gasteiger partial charge in [-0.2, -0.15) is 9.78 Å². The van der Waals surface area contributed by atoms with Crippen LogP contribution in [-0.2, 0) is 11.3 Å². The molecular weight excluding hydrogens is 411 g/mol. The normalized spacial score (nSPS) is 13.4. The lowest BCUT2D eigenvalue weighted by Crippen LogP contribution is -2.31. The van der Waals surface area contributed by atoms with Gasteiger partial charge in [0, 0.05) is 35.7 Å². The second-order valence-corrected chi connectivity index (χ2v) is 7.88. The number of aromatic nitrogens is 2. The van der Waals surface area contributed by atoms with Crippen LogP contribution >= 0.6 is 0 Å². The van der Waals surface area contributed by atoms with Crippen molar-refractivity contribution in [2.45, 2.75) is 45.1 Å². The summed E-state index contributed by atoms with van der Waals surface area (Å²) < 4.78 is 15.2. The number of phenolic OH excluding ortho intramolecular Hbond substituents is 1. The number of rotatable bonds is 6. The van der Waals surface area contributed by atoms with E-state index in [0.717, 1.165) is 25.0 Å². The van der Waals surface area contributed by atoms with Crippen LogP contribution in [0.4, 0.5) is 14.9 Å². The second kappa shape index (κ2) is 9.21. The van der Waals surface area contributed by atoms with Gasteiger partial charge in [-0.25, -0.2) is 9.18 Å². The van der Waals surface area contributed by atoms with Crippen molar-refractivity contribution in [3.05, 3.63) is 65.6 Å². The molecule has 166 valence electrons. The first kappa shape index (κ1) is 21.5. The quantitative estimate of drug-likeness (QED) is 0.485. The summed E-state index contributed by atoms with van der Waals surface area (Å²) >= 11 is 0. The molecule has 8 heteroatoms. The molecule has 7 nitrogen and oxygen atoms in total. The van der Waals surface area contributed by atoms with E-state index < -0.39 is 6.03 Å². The smallest absolute Gasteiger partial charge is 0.342 e. The van der Waals surface area contributed by atoms with Crippen molar-refractivity contribution >= 4 is 17.6 Å². The highest BCUT2D eigenvalue weighted by molar-refractivity contribution is 5.91. The number of phenols is 1. The first-order chi connectivity index (χ1) is 15.5. The fourth-order valence-electron chi connectivity index (χ4n) is 3.64. The number of hydrogen-bond donors (Lipinski definition) is 3. The highest BCUT2D eigenvalue weighted by Gasteiger charge is 2.27. The van der Waals surface area contributed by atoms with Gasteiger partial charge in [0.05, 0.1) is 11.4 Å². The number of carbonyl (C=O) groups excluding carboxylic acids is 2. The third kappa shape index (κ3) is 4.49. The molecule has 3 N–H and O–H groups in total. The number of nitrogens with one attached hydrogen (secondary N) is 2. The zero-order valence-corrected chi connectivity index (χ0v) is 17.8. The molecule has 3 aromatic rings. The highest BCUT2D eigenvalue weighted by atomic mass is 19.1. The molecule has 1 saturated carbocycles. The standard InChI is InChI=1S/C24H25FN4O3/c1-2-23(31)27-17-10-11-22(30)18(12-17)20-13-21(15-7-5-8-15)29(28-20)24(32)26-14-16-6-3-4-9-19(16)25/h3-4,6,9-13,15,30H,2,5,7-8,14H2,1H3,(H,26,32)(H,27,31). The van der Waals surface area contributed by atoms with Gasteiger partial charge in [-0.15, -0.1) is 0 Å². The maximum atomic E-state index is 13.9. The predicted molar refractivity (Wildman–Crippen MR) is 119 cm³/mol. The minimum atomic E-state index is -0.462. The molecule has 1 aromatic heterocycles. The summed E-state index contributed by atoms with van der Waals surface area (Å²) in [7, 11) is 0. The first-order valence-corrected chi connectivity index (χ1v) is 10.7. The van der Waals surface area contributed by atoms with Crippen LogP contribution in [0.1, 0.15) is 49.8 Å². The monoisotopic (exact) mass is 436 g/mol. The van der Waals surface area contributed by atoms with Gasteiger partial charge in [-0.3, -0.25) is 4.79 Å². The van der Waals surface area contributed by atoms with Crippen LogP contribution in [0.5, 0.6) is 5.75 Å². The number of anilines is 1. The third-order valence-corrected chi connectivity index (χ3v) is 5.72. The van der Waals surface area contributed by atoms with Crippen molar-refractivity contribution < 1.29 is 19.1 Å². The van der Waals surface area contributed by atoms with Gasteiger partial charge in [-0.1, -0.05) is 31.5 Å². The molecular formula is C24H25FN4O3. The molecule has 0 radical (unpaired) electrons. The maximum absolute atomic E-state index is 13.9. The lowest BCUT2D eigenvalue weighted by atomic mass is 9.82. The Hall–Kier alpha value is -3.68. The van der Waals surface area contributed by atoms with Crippen LogP contribution in [0.15, 0.2) is 48.5 Å². The fourth-order valence-corrected chi connectivity index (χ4v) is 3.64. The summed E-state index contributed by atoms with van der Waals surface area (Å²) in [4.78, 5) is 24.7. The average molecular weight is 436 g/mol. The van der Waals surface area contributed by atoms with Crippen molar-refractivity contribution in [2.75, 3.05) is 5.32 Å². The zero-order chi connectivity index (χ0) is 22.7. The molecule has 1 heterocycles. The van der Waals surface area contributed by atoms with E-state index in [1.54, 1.807) is 43.3 Å². The molecule has 4 rings (SSSR count). The molecule has 0 unspecified atom stereocenters. The lowest BCUT2D eigenvalue weighted by molar-refractivity contribution is -0.115. The van der Waals surface area contributed by atoms with Crippen molar-refractivity contribution in [3.63, 3.8) is 0 Å². The average Bonchev–Trinajstić information content (AvgIpc) is 3.17. The molecule has 1 aliphatic rings. The number of halogens is 1. The molecule has 0 bridgehead atoms. The Kier molecular flexibility index (Phi) is 6.20. The van der Waals surface area contributed by atoms with Gasteiger partial charge in [-0.05, 0) is 43.2 Å². The summed E-state index contributed by atoms with van der Waals surface area (Å²) in [6, 6.07) is 12.3. The van der Waals surface area contributed by atoms with Crippen LogP contribution in [0.3, 0.4) is 0 Å². The fraction of sp³-hybridized carbons (Fsp3) is 0.292. The van der Waals surface area contributed by atoms with E-state index in [-0.39, 0.29) is 29.9 Å². The van der Waals surface area contributed by atoms with E-state index in [0.29, 0.717) is 28.9 Å². The molecule has 0 aliphatic heterocycles. The minimum Gasteiger partial charge on any atom is -0.507 e. The topological polar surface area (TPSA) is 96.2 Å². The van der Waals surface area contributed by atoms with E-state index >= 15 is 0 Å². The predicted octanol–water partition coefficient (Wildman–Crippen LogP) is 4.77. The number of carbonyl (C=O) groups is 2. The Morgan fingerprint density at radius 1 is 1.19 bits per heavy atom.